The molecule has 2 heterocycles. The fourth-order valence-corrected chi connectivity index (χ4v) is 2.83. The average molecular weight is 340 g/mol. The van der Waals surface area contributed by atoms with Crippen molar-refractivity contribution in [3.05, 3.63) is 52.6 Å². The Morgan fingerprint density at radius 1 is 1.12 bits per heavy atom. The minimum atomic E-state index is -0.236. The lowest BCUT2D eigenvalue weighted by molar-refractivity contribution is -0.114. The van der Waals surface area contributed by atoms with E-state index < -0.39 is 0 Å². The van der Waals surface area contributed by atoms with Crippen molar-refractivity contribution in [2.45, 2.75) is 13.8 Å². The maximum atomic E-state index is 12.3. The molecule has 0 spiro atoms. The highest BCUT2D eigenvalue weighted by atomic mass is 32.1. The number of aromatic amines is 1. The molecule has 0 aliphatic carbocycles. The van der Waals surface area contributed by atoms with E-state index >= 15 is 0 Å². The van der Waals surface area contributed by atoms with Crippen molar-refractivity contribution in [3.8, 4) is 11.3 Å². The van der Waals surface area contributed by atoms with Crippen molar-refractivity contribution in [3.63, 3.8) is 0 Å². The summed E-state index contributed by atoms with van der Waals surface area (Å²) in [5.41, 5.74) is 3.52. The molecule has 0 fully saturated rings. The first-order chi connectivity index (χ1) is 11.5. The second-order valence-electron chi connectivity index (χ2n) is 5.27. The molecule has 24 heavy (non-hydrogen) atoms. The van der Waals surface area contributed by atoms with E-state index in [2.05, 4.69) is 20.6 Å². The van der Waals surface area contributed by atoms with Crippen molar-refractivity contribution >= 4 is 34.5 Å². The van der Waals surface area contributed by atoms with Crippen LogP contribution in [0.15, 0.2) is 41.9 Å². The molecule has 1 aromatic carbocycles. The first-order valence-corrected chi connectivity index (χ1v) is 8.19. The molecule has 3 N–H and O–H groups in total. The van der Waals surface area contributed by atoms with Crippen LogP contribution >= 0.6 is 11.3 Å². The van der Waals surface area contributed by atoms with Crippen LogP contribution in [0.25, 0.3) is 11.3 Å². The van der Waals surface area contributed by atoms with Crippen LogP contribution in [0.3, 0.4) is 0 Å². The van der Waals surface area contributed by atoms with Gasteiger partial charge in [0.25, 0.3) is 5.91 Å². The number of hydrogen-bond donors (Lipinski definition) is 3. The highest BCUT2D eigenvalue weighted by Gasteiger charge is 2.11. The number of nitrogens with one attached hydrogen (secondary N) is 3. The van der Waals surface area contributed by atoms with Crippen molar-refractivity contribution in [2.75, 3.05) is 10.6 Å². The van der Waals surface area contributed by atoms with Gasteiger partial charge in [-0.3, -0.25) is 9.59 Å². The molecule has 0 bridgehead atoms. The number of amides is 2. The molecule has 0 aliphatic rings. The summed E-state index contributed by atoms with van der Waals surface area (Å²) in [7, 11) is 0. The summed E-state index contributed by atoms with van der Waals surface area (Å²) in [5.74, 6) is -0.372. The molecule has 0 atom stereocenters. The summed E-state index contributed by atoms with van der Waals surface area (Å²) >= 11 is 1.57. The quantitative estimate of drug-likeness (QED) is 0.677. The first kappa shape index (κ1) is 15.9. The van der Waals surface area contributed by atoms with Gasteiger partial charge in [-0.2, -0.15) is 0 Å². The van der Waals surface area contributed by atoms with E-state index in [1.165, 1.54) is 6.92 Å². The number of carbonyl (C=O) groups is 2. The molecule has 0 aliphatic heterocycles. The van der Waals surface area contributed by atoms with Gasteiger partial charge in [-0.05, 0) is 37.3 Å². The Morgan fingerprint density at radius 3 is 2.38 bits per heavy atom. The van der Waals surface area contributed by atoms with E-state index in [0.717, 1.165) is 16.3 Å². The predicted octanol–water partition coefficient (Wildman–Crippen LogP) is 3.66. The lowest BCUT2D eigenvalue weighted by Crippen LogP contribution is -2.12. The van der Waals surface area contributed by atoms with Gasteiger partial charge in [0, 0.05) is 35.4 Å². The highest BCUT2D eigenvalue weighted by molar-refractivity contribution is 7.09. The number of anilines is 2. The lowest BCUT2D eigenvalue weighted by Gasteiger charge is -2.06. The Bertz CT molecular complexity index is 880. The van der Waals surface area contributed by atoms with Gasteiger partial charge >= 0.3 is 0 Å². The summed E-state index contributed by atoms with van der Waals surface area (Å²) in [4.78, 5) is 30.7. The maximum Gasteiger partial charge on any atom is 0.272 e. The largest absolute Gasteiger partial charge is 0.357 e. The van der Waals surface area contributed by atoms with Crippen LogP contribution in [0, 0.1) is 6.92 Å². The Morgan fingerprint density at radius 2 is 1.79 bits per heavy atom. The normalized spacial score (nSPS) is 10.4. The molecule has 3 aromatic rings. The fourth-order valence-electron chi connectivity index (χ4n) is 2.21. The highest BCUT2D eigenvalue weighted by Crippen LogP contribution is 2.22. The van der Waals surface area contributed by atoms with Gasteiger partial charge in [0.05, 0.1) is 10.7 Å². The zero-order valence-corrected chi connectivity index (χ0v) is 14.0. The molecule has 6 nitrogen and oxygen atoms in total. The molecule has 7 heteroatoms. The molecule has 122 valence electrons. The molecular formula is C17H16N4O2S. The Balaban J connectivity index is 1.69. The smallest absolute Gasteiger partial charge is 0.272 e. The Labute approximate surface area is 142 Å². The number of benzene rings is 1. The number of H-pyrrole nitrogens is 1. The zero-order valence-electron chi connectivity index (χ0n) is 13.2. The second kappa shape index (κ2) is 6.67. The van der Waals surface area contributed by atoms with Crippen LogP contribution in [-0.4, -0.2) is 21.8 Å². The summed E-state index contributed by atoms with van der Waals surface area (Å²) < 4.78 is 0. The summed E-state index contributed by atoms with van der Waals surface area (Å²) in [6, 6.07) is 8.70. The van der Waals surface area contributed by atoms with Gasteiger partial charge < -0.3 is 15.6 Å². The van der Waals surface area contributed by atoms with Crippen LogP contribution in [0.5, 0.6) is 0 Å². The van der Waals surface area contributed by atoms with Crippen molar-refractivity contribution in [2.24, 2.45) is 0 Å². The van der Waals surface area contributed by atoms with Crippen LogP contribution < -0.4 is 10.6 Å². The molecule has 0 saturated carbocycles. The standard InChI is InChI=1S/C17H16N4O2S/c1-10(22)19-13-3-5-14(6-4-13)21-17(23)15-7-12(8-18-15)16-9-24-11(2)20-16/h3-9,18H,1-2H3,(H,19,22)(H,21,23). The number of thiazole rings is 1. The minimum Gasteiger partial charge on any atom is -0.357 e. The number of carbonyl (C=O) groups excluding carboxylic acids is 2. The van der Waals surface area contributed by atoms with Gasteiger partial charge in [-0.25, -0.2) is 4.98 Å². The third kappa shape index (κ3) is 3.69. The predicted molar refractivity (Wildman–Crippen MR) is 95.3 cm³/mol. The van der Waals surface area contributed by atoms with E-state index in [0.29, 0.717) is 17.1 Å². The van der Waals surface area contributed by atoms with Crippen LogP contribution in [0.4, 0.5) is 11.4 Å². The van der Waals surface area contributed by atoms with E-state index in [9.17, 15) is 9.59 Å². The summed E-state index contributed by atoms with van der Waals surface area (Å²) in [5, 5.41) is 8.43. The van der Waals surface area contributed by atoms with Crippen molar-refractivity contribution in [1.29, 1.82) is 0 Å². The molecule has 0 saturated heterocycles. The topological polar surface area (TPSA) is 86.9 Å². The van der Waals surface area contributed by atoms with Gasteiger partial charge in [0.1, 0.15) is 5.69 Å². The van der Waals surface area contributed by atoms with Crippen molar-refractivity contribution in [1.82, 2.24) is 9.97 Å². The molecule has 3 rings (SSSR count). The van der Waals surface area contributed by atoms with Crippen LogP contribution in [0.2, 0.25) is 0 Å². The van der Waals surface area contributed by atoms with E-state index in [1.54, 1.807) is 47.9 Å². The average Bonchev–Trinajstić information content (AvgIpc) is 3.17. The van der Waals surface area contributed by atoms with Gasteiger partial charge in [0.2, 0.25) is 5.91 Å². The van der Waals surface area contributed by atoms with Gasteiger partial charge in [-0.1, -0.05) is 0 Å². The lowest BCUT2D eigenvalue weighted by atomic mass is 10.2. The van der Waals surface area contributed by atoms with Crippen molar-refractivity contribution < 1.29 is 9.59 Å². The number of hydrogen-bond acceptors (Lipinski definition) is 4. The third-order valence-corrected chi connectivity index (χ3v) is 4.08. The van der Waals surface area contributed by atoms with Gasteiger partial charge in [-0.15, -0.1) is 11.3 Å². The summed E-state index contributed by atoms with van der Waals surface area (Å²) in [6.07, 6.45) is 1.77. The number of aromatic nitrogens is 2. The minimum absolute atomic E-state index is 0.136. The van der Waals surface area contributed by atoms with E-state index in [1.807, 2.05) is 12.3 Å². The maximum absolute atomic E-state index is 12.3. The molecule has 2 aromatic heterocycles. The molecule has 0 radical (unpaired) electrons. The molecule has 2 amide bonds. The van der Waals surface area contributed by atoms with Crippen LogP contribution in [0.1, 0.15) is 22.4 Å². The monoisotopic (exact) mass is 340 g/mol. The molecule has 0 unspecified atom stereocenters. The second-order valence-corrected chi connectivity index (χ2v) is 6.33. The van der Waals surface area contributed by atoms with Gasteiger partial charge in [0.15, 0.2) is 0 Å². The SMILES string of the molecule is CC(=O)Nc1ccc(NC(=O)c2cc(-c3csc(C)n3)c[nH]2)cc1. The summed E-state index contributed by atoms with van der Waals surface area (Å²) in [6.45, 7) is 3.39. The number of nitrogens with zero attached hydrogens (tertiary/aromatic N) is 1. The number of rotatable bonds is 4. The van der Waals surface area contributed by atoms with E-state index in [4.69, 9.17) is 0 Å². The Hall–Kier alpha value is -2.93. The van der Waals surface area contributed by atoms with Crippen LogP contribution in [-0.2, 0) is 4.79 Å². The fraction of sp³-hybridized carbons (Fsp3) is 0.118. The zero-order chi connectivity index (χ0) is 17.1. The molecular weight excluding hydrogens is 324 g/mol. The first-order valence-electron chi connectivity index (χ1n) is 7.31. The number of aryl methyl sites for hydroxylation is 1. The van der Waals surface area contributed by atoms with E-state index in [-0.39, 0.29) is 11.8 Å². The Kier molecular flexibility index (Phi) is 4.43. The third-order valence-electron chi connectivity index (χ3n) is 3.31.